The Morgan fingerprint density at radius 2 is 1.81 bits per heavy atom. The molecule has 0 aliphatic rings. The van der Waals surface area contributed by atoms with E-state index in [9.17, 15) is 14.4 Å². The third-order valence-corrected chi connectivity index (χ3v) is 2.70. The molecule has 0 bridgehead atoms. The van der Waals surface area contributed by atoms with Gasteiger partial charge in [-0.3, -0.25) is 14.4 Å². The lowest BCUT2D eigenvalue weighted by Gasteiger charge is -2.13. The Morgan fingerprint density at radius 1 is 1.19 bits per heavy atom. The second-order valence-electron chi connectivity index (χ2n) is 4.72. The molecule has 0 heterocycles. The molecule has 1 aromatic rings. The minimum atomic E-state index is -0.892. The summed E-state index contributed by atoms with van der Waals surface area (Å²) in [5, 5.41) is 5.15. The number of aryl methyl sites for hydroxylation is 1. The van der Waals surface area contributed by atoms with Gasteiger partial charge in [-0.15, -0.1) is 0 Å². The van der Waals surface area contributed by atoms with Crippen LogP contribution >= 0.6 is 0 Å². The summed E-state index contributed by atoms with van der Waals surface area (Å²) in [5.41, 5.74) is 1.73. The number of esters is 1. The zero-order valence-corrected chi connectivity index (χ0v) is 12.4. The van der Waals surface area contributed by atoms with E-state index >= 15 is 0 Å². The van der Waals surface area contributed by atoms with Crippen LogP contribution in [-0.2, 0) is 19.1 Å². The molecule has 6 nitrogen and oxygen atoms in total. The monoisotopic (exact) mass is 292 g/mol. The van der Waals surface area contributed by atoms with E-state index in [2.05, 4.69) is 10.6 Å². The van der Waals surface area contributed by atoms with E-state index in [0.29, 0.717) is 5.69 Å². The molecule has 0 saturated carbocycles. The van der Waals surface area contributed by atoms with E-state index in [1.54, 1.807) is 12.1 Å². The Morgan fingerprint density at radius 3 is 2.38 bits per heavy atom. The van der Waals surface area contributed by atoms with Crippen LogP contribution in [0.4, 0.5) is 5.69 Å². The van der Waals surface area contributed by atoms with Crippen molar-refractivity contribution in [3.05, 3.63) is 29.8 Å². The second-order valence-corrected chi connectivity index (χ2v) is 4.72. The molecule has 6 heteroatoms. The highest BCUT2D eigenvalue weighted by Gasteiger charge is 2.17. The molecule has 1 aromatic carbocycles. The normalized spacial score (nSPS) is 11.4. The lowest BCUT2D eigenvalue weighted by atomic mass is 10.2. The third kappa shape index (κ3) is 6.56. The molecule has 0 fully saturated rings. The lowest BCUT2D eigenvalue weighted by molar-refractivity contribution is -0.153. The number of ether oxygens (including phenoxy) is 1. The Labute approximate surface area is 123 Å². The number of carbonyl (C=O) groups is 3. The maximum Gasteiger partial charge on any atom is 0.308 e. The Bertz CT molecular complexity index is 511. The van der Waals surface area contributed by atoms with Crippen molar-refractivity contribution in [3.63, 3.8) is 0 Å². The molecule has 21 heavy (non-hydrogen) atoms. The van der Waals surface area contributed by atoms with Crippen molar-refractivity contribution in [2.45, 2.75) is 33.3 Å². The van der Waals surface area contributed by atoms with Crippen molar-refractivity contribution < 1.29 is 19.1 Å². The maximum atomic E-state index is 11.9. The van der Waals surface area contributed by atoms with Crippen LogP contribution in [0.1, 0.15) is 25.8 Å². The number of anilines is 1. The van der Waals surface area contributed by atoms with E-state index in [0.717, 1.165) is 5.56 Å². The van der Waals surface area contributed by atoms with Gasteiger partial charge in [-0.1, -0.05) is 17.7 Å². The smallest absolute Gasteiger partial charge is 0.308 e. The van der Waals surface area contributed by atoms with Crippen molar-refractivity contribution in [2.75, 3.05) is 11.9 Å². The van der Waals surface area contributed by atoms with Crippen LogP contribution < -0.4 is 10.6 Å². The first-order chi connectivity index (χ1) is 9.88. The van der Waals surface area contributed by atoms with Gasteiger partial charge in [0, 0.05) is 19.2 Å². The molecule has 0 aliphatic carbocycles. The first kappa shape index (κ1) is 16.7. The minimum absolute atomic E-state index is 0.0295. The van der Waals surface area contributed by atoms with Gasteiger partial charge in [-0.2, -0.15) is 0 Å². The van der Waals surface area contributed by atoms with Crippen LogP contribution in [0.3, 0.4) is 0 Å². The quantitative estimate of drug-likeness (QED) is 0.776. The van der Waals surface area contributed by atoms with E-state index < -0.39 is 18.0 Å². The molecule has 1 atom stereocenters. The number of benzene rings is 1. The van der Waals surface area contributed by atoms with Gasteiger partial charge in [-0.25, -0.2) is 0 Å². The standard InChI is InChI=1S/C15H20N2O4/c1-10-4-6-13(7-5-10)17-15(20)11(2)21-14(19)8-9-16-12(3)18/h4-7,11H,8-9H2,1-3H3,(H,16,18)(H,17,20)/t11-/m1/s1. The highest BCUT2D eigenvalue weighted by atomic mass is 16.5. The molecular weight excluding hydrogens is 272 g/mol. The van der Waals surface area contributed by atoms with Gasteiger partial charge in [0.25, 0.3) is 5.91 Å². The first-order valence-electron chi connectivity index (χ1n) is 6.70. The Balaban J connectivity index is 2.38. The second kappa shape index (κ2) is 8.04. The van der Waals surface area contributed by atoms with E-state index in [1.807, 2.05) is 19.1 Å². The summed E-state index contributed by atoms with van der Waals surface area (Å²) in [6.07, 6.45) is -0.863. The third-order valence-electron chi connectivity index (χ3n) is 2.70. The molecule has 0 saturated heterocycles. The molecule has 0 radical (unpaired) electrons. The molecule has 0 spiro atoms. The molecule has 2 N–H and O–H groups in total. The number of nitrogens with one attached hydrogen (secondary N) is 2. The van der Waals surface area contributed by atoms with Gasteiger partial charge in [0.1, 0.15) is 0 Å². The average Bonchev–Trinajstić information content (AvgIpc) is 2.40. The Kier molecular flexibility index (Phi) is 6.39. The molecule has 0 unspecified atom stereocenters. The van der Waals surface area contributed by atoms with Gasteiger partial charge in [0.15, 0.2) is 6.10 Å². The average molecular weight is 292 g/mol. The molecule has 0 aromatic heterocycles. The summed E-state index contributed by atoms with van der Waals surface area (Å²) in [4.78, 5) is 34.0. The number of carbonyl (C=O) groups excluding carboxylic acids is 3. The predicted molar refractivity (Wildman–Crippen MR) is 78.7 cm³/mol. The largest absolute Gasteiger partial charge is 0.452 e. The van der Waals surface area contributed by atoms with Crippen molar-refractivity contribution in [3.8, 4) is 0 Å². The van der Waals surface area contributed by atoms with Crippen LogP contribution in [0, 0.1) is 6.92 Å². The number of hydrogen-bond donors (Lipinski definition) is 2. The fourth-order valence-corrected chi connectivity index (χ4v) is 1.53. The van der Waals surface area contributed by atoms with Gasteiger partial charge >= 0.3 is 5.97 Å². The van der Waals surface area contributed by atoms with Crippen molar-refractivity contribution in [1.29, 1.82) is 0 Å². The van der Waals surface area contributed by atoms with E-state index in [4.69, 9.17) is 4.74 Å². The Hall–Kier alpha value is -2.37. The van der Waals surface area contributed by atoms with E-state index in [1.165, 1.54) is 13.8 Å². The maximum absolute atomic E-state index is 11.9. The SMILES string of the molecule is CC(=O)NCCC(=O)O[C@H](C)C(=O)Nc1ccc(C)cc1. The van der Waals surface area contributed by atoms with Crippen LogP contribution in [0.15, 0.2) is 24.3 Å². The summed E-state index contributed by atoms with van der Waals surface area (Å²) in [5.74, 6) is -1.14. The van der Waals surface area contributed by atoms with Crippen LogP contribution in [0.5, 0.6) is 0 Å². The summed E-state index contributed by atoms with van der Waals surface area (Å²) in [7, 11) is 0. The molecule has 1 rings (SSSR count). The molecular formula is C15H20N2O4. The summed E-state index contributed by atoms with van der Waals surface area (Å²) in [6, 6.07) is 7.30. The lowest BCUT2D eigenvalue weighted by Crippen LogP contribution is -2.31. The minimum Gasteiger partial charge on any atom is -0.452 e. The predicted octanol–water partition coefficient (Wildman–Crippen LogP) is 1.39. The van der Waals surface area contributed by atoms with Gasteiger partial charge < -0.3 is 15.4 Å². The zero-order valence-electron chi connectivity index (χ0n) is 12.4. The molecule has 0 aliphatic heterocycles. The van der Waals surface area contributed by atoms with Gasteiger partial charge in [0.05, 0.1) is 6.42 Å². The van der Waals surface area contributed by atoms with Crippen molar-refractivity contribution in [1.82, 2.24) is 5.32 Å². The fraction of sp³-hybridized carbons (Fsp3) is 0.400. The van der Waals surface area contributed by atoms with Gasteiger partial charge in [-0.05, 0) is 26.0 Å². The van der Waals surface area contributed by atoms with Crippen LogP contribution in [0.2, 0.25) is 0 Å². The number of hydrogen-bond acceptors (Lipinski definition) is 4. The van der Waals surface area contributed by atoms with Crippen LogP contribution in [0.25, 0.3) is 0 Å². The number of rotatable bonds is 6. The zero-order chi connectivity index (χ0) is 15.8. The van der Waals surface area contributed by atoms with Crippen LogP contribution in [-0.4, -0.2) is 30.4 Å². The molecule has 114 valence electrons. The molecule has 2 amide bonds. The van der Waals surface area contributed by atoms with E-state index in [-0.39, 0.29) is 18.9 Å². The highest BCUT2D eigenvalue weighted by Crippen LogP contribution is 2.09. The topological polar surface area (TPSA) is 84.5 Å². The summed E-state index contributed by atoms with van der Waals surface area (Å²) >= 11 is 0. The van der Waals surface area contributed by atoms with Crippen molar-refractivity contribution in [2.24, 2.45) is 0 Å². The van der Waals surface area contributed by atoms with Gasteiger partial charge in [0.2, 0.25) is 5.91 Å². The number of amides is 2. The summed E-state index contributed by atoms with van der Waals surface area (Å²) < 4.78 is 4.99. The van der Waals surface area contributed by atoms with Crippen molar-refractivity contribution >= 4 is 23.5 Å². The summed E-state index contributed by atoms with van der Waals surface area (Å²) in [6.45, 7) is 5.01. The first-order valence-corrected chi connectivity index (χ1v) is 6.70. The highest BCUT2D eigenvalue weighted by molar-refractivity contribution is 5.95. The fourth-order valence-electron chi connectivity index (χ4n) is 1.53.